The van der Waals surface area contributed by atoms with Crippen LogP contribution in [-0.2, 0) is 6.54 Å². The van der Waals surface area contributed by atoms with Crippen LogP contribution in [0.15, 0.2) is 48.8 Å². The minimum atomic E-state index is -0.581. The first-order chi connectivity index (χ1) is 12.9. The average molecular weight is 405 g/mol. The Labute approximate surface area is 165 Å². The van der Waals surface area contributed by atoms with Gasteiger partial charge >= 0.3 is 11.6 Å². The van der Waals surface area contributed by atoms with E-state index in [9.17, 15) is 10.1 Å². The van der Waals surface area contributed by atoms with E-state index in [0.29, 0.717) is 22.3 Å². The molecule has 0 fully saturated rings. The maximum Gasteiger partial charge on any atom is 0.373 e. The predicted octanol–water partition coefficient (Wildman–Crippen LogP) is 5.40. The van der Waals surface area contributed by atoms with Crippen molar-refractivity contribution < 1.29 is 9.66 Å². The lowest BCUT2D eigenvalue weighted by Gasteiger charge is -2.10. The summed E-state index contributed by atoms with van der Waals surface area (Å²) in [4.78, 5) is 18.9. The number of nitro groups is 1. The molecule has 0 unspecified atom stereocenters. The van der Waals surface area contributed by atoms with Gasteiger partial charge < -0.3 is 10.1 Å². The quantitative estimate of drug-likeness (QED) is 0.436. The van der Waals surface area contributed by atoms with Gasteiger partial charge in [-0.25, -0.2) is 4.98 Å². The first kappa shape index (κ1) is 18.9. The molecule has 0 aliphatic heterocycles. The Morgan fingerprint density at radius 3 is 2.56 bits per heavy atom. The lowest BCUT2D eigenvalue weighted by Crippen LogP contribution is -2.07. The molecule has 9 heteroatoms. The molecular formula is C18H14Cl2N4O3. The van der Waals surface area contributed by atoms with E-state index in [2.05, 4.69) is 15.3 Å². The number of nitrogens with zero attached hydrogens (tertiary/aromatic N) is 3. The number of aromatic nitrogens is 2. The monoisotopic (exact) mass is 404 g/mol. The molecule has 1 N–H and O–H groups in total. The normalized spacial score (nSPS) is 10.5. The summed E-state index contributed by atoms with van der Waals surface area (Å²) >= 11 is 11.9. The fraction of sp³-hybridized carbons (Fsp3) is 0.111. The van der Waals surface area contributed by atoms with E-state index in [1.165, 1.54) is 6.33 Å². The molecule has 0 spiro atoms. The van der Waals surface area contributed by atoms with Crippen LogP contribution in [0.2, 0.25) is 10.0 Å². The SMILES string of the molecule is Cc1cc(Oc2ncnc(NCc3ccc(Cl)cc3)c2[N+](=O)[O-])ccc1Cl. The van der Waals surface area contributed by atoms with Crippen LogP contribution in [0, 0.1) is 17.0 Å². The number of anilines is 1. The van der Waals surface area contributed by atoms with Crippen LogP contribution in [0.1, 0.15) is 11.1 Å². The first-order valence-corrected chi connectivity index (χ1v) is 8.61. The van der Waals surface area contributed by atoms with Crippen molar-refractivity contribution in [1.29, 1.82) is 0 Å². The van der Waals surface area contributed by atoms with Gasteiger partial charge in [0.2, 0.25) is 5.82 Å². The smallest absolute Gasteiger partial charge is 0.373 e. The second kappa shape index (κ2) is 8.20. The largest absolute Gasteiger partial charge is 0.434 e. The Bertz CT molecular complexity index is 981. The van der Waals surface area contributed by atoms with E-state index in [4.69, 9.17) is 27.9 Å². The number of nitrogens with one attached hydrogen (secondary N) is 1. The number of ether oxygens (including phenoxy) is 1. The summed E-state index contributed by atoms with van der Waals surface area (Å²) in [5.74, 6) is 0.295. The predicted molar refractivity (Wildman–Crippen MR) is 104 cm³/mol. The lowest BCUT2D eigenvalue weighted by molar-refractivity contribution is -0.385. The molecule has 138 valence electrons. The molecule has 7 nitrogen and oxygen atoms in total. The van der Waals surface area contributed by atoms with Crippen LogP contribution in [-0.4, -0.2) is 14.9 Å². The molecule has 27 heavy (non-hydrogen) atoms. The summed E-state index contributed by atoms with van der Waals surface area (Å²) in [5, 5.41) is 15.7. The van der Waals surface area contributed by atoms with Crippen LogP contribution in [0.4, 0.5) is 11.5 Å². The molecule has 0 saturated heterocycles. The summed E-state index contributed by atoms with van der Waals surface area (Å²) in [7, 11) is 0. The summed E-state index contributed by atoms with van der Waals surface area (Å²) in [6.45, 7) is 2.14. The highest BCUT2D eigenvalue weighted by Crippen LogP contribution is 2.35. The molecule has 3 aromatic rings. The van der Waals surface area contributed by atoms with Crippen molar-refractivity contribution in [3.05, 3.63) is 80.1 Å². The molecule has 1 heterocycles. The zero-order valence-corrected chi connectivity index (χ0v) is 15.7. The van der Waals surface area contributed by atoms with Gasteiger partial charge in [0.25, 0.3) is 0 Å². The van der Waals surface area contributed by atoms with E-state index in [1.54, 1.807) is 30.3 Å². The third-order valence-corrected chi connectivity index (χ3v) is 4.36. The summed E-state index contributed by atoms with van der Waals surface area (Å²) in [5.41, 5.74) is 1.33. The van der Waals surface area contributed by atoms with Crippen molar-refractivity contribution in [1.82, 2.24) is 9.97 Å². The molecule has 0 saturated carbocycles. The molecule has 3 rings (SSSR count). The maximum atomic E-state index is 11.6. The van der Waals surface area contributed by atoms with E-state index in [-0.39, 0.29) is 17.4 Å². The highest BCUT2D eigenvalue weighted by atomic mass is 35.5. The van der Waals surface area contributed by atoms with Crippen LogP contribution in [0.5, 0.6) is 11.6 Å². The fourth-order valence-electron chi connectivity index (χ4n) is 2.31. The topological polar surface area (TPSA) is 90.2 Å². The summed E-state index contributed by atoms with van der Waals surface area (Å²) in [6, 6.07) is 12.1. The Morgan fingerprint density at radius 2 is 1.89 bits per heavy atom. The number of hydrogen-bond acceptors (Lipinski definition) is 6. The number of benzene rings is 2. The molecule has 0 amide bonds. The minimum Gasteiger partial charge on any atom is -0.434 e. The molecule has 0 bridgehead atoms. The van der Waals surface area contributed by atoms with Gasteiger partial charge in [-0.3, -0.25) is 10.1 Å². The van der Waals surface area contributed by atoms with Crippen molar-refractivity contribution in [3.8, 4) is 11.6 Å². The van der Waals surface area contributed by atoms with Gasteiger partial charge in [-0.1, -0.05) is 35.3 Å². The maximum absolute atomic E-state index is 11.6. The van der Waals surface area contributed by atoms with Gasteiger partial charge in [0.05, 0.1) is 4.92 Å². The van der Waals surface area contributed by atoms with Gasteiger partial charge in [-0.15, -0.1) is 0 Å². The fourth-order valence-corrected chi connectivity index (χ4v) is 2.56. The van der Waals surface area contributed by atoms with Crippen molar-refractivity contribution in [2.45, 2.75) is 13.5 Å². The summed E-state index contributed by atoms with van der Waals surface area (Å²) < 4.78 is 5.61. The number of hydrogen-bond donors (Lipinski definition) is 1. The molecule has 1 aromatic heterocycles. The molecule has 0 aliphatic carbocycles. The Balaban J connectivity index is 1.86. The minimum absolute atomic E-state index is 0.0608. The molecule has 2 aromatic carbocycles. The van der Waals surface area contributed by atoms with Crippen molar-refractivity contribution in [2.24, 2.45) is 0 Å². The third kappa shape index (κ3) is 4.64. The van der Waals surface area contributed by atoms with Gasteiger partial charge in [0, 0.05) is 16.6 Å². The van der Waals surface area contributed by atoms with Crippen molar-refractivity contribution in [3.63, 3.8) is 0 Å². The van der Waals surface area contributed by atoms with Gasteiger partial charge in [-0.05, 0) is 48.4 Å². The Morgan fingerprint density at radius 1 is 1.15 bits per heavy atom. The van der Waals surface area contributed by atoms with Gasteiger partial charge in [-0.2, -0.15) is 4.98 Å². The van der Waals surface area contributed by atoms with E-state index >= 15 is 0 Å². The molecule has 0 atom stereocenters. The van der Waals surface area contributed by atoms with E-state index in [1.807, 2.05) is 19.1 Å². The van der Waals surface area contributed by atoms with Crippen LogP contribution >= 0.6 is 23.2 Å². The standard InChI is InChI=1S/C18H14Cl2N4O3/c1-11-8-14(6-7-15(11)20)27-18-16(24(25)26)17(22-10-23-18)21-9-12-2-4-13(19)5-3-12/h2-8,10H,9H2,1H3,(H,21,22,23). The van der Waals surface area contributed by atoms with Crippen molar-refractivity contribution >= 4 is 34.7 Å². The second-order valence-corrected chi connectivity index (χ2v) is 6.47. The van der Waals surface area contributed by atoms with Gasteiger partial charge in [0.15, 0.2) is 0 Å². The van der Waals surface area contributed by atoms with Crippen LogP contribution in [0.25, 0.3) is 0 Å². The van der Waals surface area contributed by atoms with Crippen LogP contribution < -0.4 is 10.1 Å². The zero-order chi connectivity index (χ0) is 19.4. The molecular weight excluding hydrogens is 391 g/mol. The highest BCUT2D eigenvalue weighted by molar-refractivity contribution is 6.31. The zero-order valence-electron chi connectivity index (χ0n) is 14.1. The number of aryl methyl sites for hydroxylation is 1. The first-order valence-electron chi connectivity index (χ1n) is 7.86. The Hall–Kier alpha value is -2.90. The molecule has 0 radical (unpaired) electrons. The van der Waals surface area contributed by atoms with Crippen LogP contribution in [0.3, 0.4) is 0 Å². The van der Waals surface area contributed by atoms with Gasteiger partial charge in [0.1, 0.15) is 12.1 Å². The summed E-state index contributed by atoms with van der Waals surface area (Å²) in [6.07, 6.45) is 1.20. The highest BCUT2D eigenvalue weighted by Gasteiger charge is 2.25. The molecule has 0 aliphatic rings. The average Bonchev–Trinajstić information content (AvgIpc) is 2.64. The Kier molecular flexibility index (Phi) is 5.73. The number of rotatable bonds is 6. The number of halogens is 2. The third-order valence-electron chi connectivity index (χ3n) is 3.69. The van der Waals surface area contributed by atoms with Crippen molar-refractivity contribution in [2.75, 3.05) is 5.32 Å². The second-order valence-electron chi connectivity index (χ2n) is 5.63. The van der Waals surface area contributed by atoms with E-state index < -0.39 is 4.92 Å². The van der Waals surface area contributed by atoms with E-state index in [0.717, 1.165) is 11.1 Å². The lowest BCUT2D eigenvalue weighted by atomic mass is 10.2.